The Morgan fingerprint density at radius 2 is 1.94 bits per heavy atom. The Morgan fingerprint density at radius 3 is 2.50 bits per heavy atom. The molecule has 0 aromatic rings. The summed E-state index contributed by atoms with van der Waals surface area (Å²) in [7, 11) is 1.78. The van der Waals surface area contributed by atoms with Crippen LogP contribution in [-0.4, -0.2) is 42.5 Å². The number of nitrogens with one attached hydrogen (secondary N) is 2. The molecule has 0 radical (unpaired) electrons. The minimum absolute atomic E-state index is 0.0857. The van der Waals surface area contributed by atoms with Crippen LogP contribution in [0.4, 0.5) is 4.79 Å². The summed E-state index contributed by atoms with van der Waals surface area (Å²) in [5.74, 6) is 0.164. The van der Waals surface area contributed by atoms with Crippen molar-refractivity contribution in [1.29, 1.82) is 0 Å². The molecule has 5 nitrogen and oxygen atoms in total. The van der Waals surface area contributed by atoms with E-state index < -0.39 is 0 Å². The van der Waals surface area contributed by atoms with Gasteiger partial charge in [0.05, 0.1) is 0 Å². The monoisotopic (exact) mass is 225 g/mol. The van der Waals surface area contributed by atoms with Gasteiger partial charge in [0.25, 0.3) is 0 Å². The highest BCUT2D eigenvalue weighted by atomic mass is 16.2. The molecule has 16 heavy (non-hydrogen) atoms. The summed E-state index contributed by atoms with van der Waals surface area (Å²) in [6.07, 6.45) is 4.69. The average Bonchev–Trinajstić information content (AvgIpc) is 2.18. The van der Waals surface area contributed by atoms with E-state index in [9.17, 15) is 9.59 Å². The maximum Gasteiger partial charge on any atom is 0.315 e. The molecule has 1 atom stereocenters. The zero-order valence-electron chi connectivity index (χ0n) is 9.66. The van der Waals surface area contributed by atoms with Gasteiger partial charge in [0.2, 0.25) is 5.91 Å². The summed E-state index contributed by atoms with van der Waals surface area (Å²) in [5, 5.41) is 5.86. The van der Waals surface area contributed by atoms with Crippen molar-refractivity contribution in [3.63, 3.8) is 0 Å². The number of hydrogen-bond donors (Lipinski definition) is 2. The van der Waals surface area contributed by atoms with E-state index in [1.807, 2.05) is 0 Å². The molecule has 2 N–H and O–H groups in total. The third-order valence-electron chi connectivity index (χ3n) is 3.40. The summed E-state index contributed by atoms with van der Waals surface area (Å²) >= 11 is 0. The first-order valence-corrected chi connectivity index (χ1v) is 5.96. The van der Waals surface area contributed by atoms with Gasteiger partial charge in [0, 0.05) is 32.1 Å². The van der Waals surface area contributed by atoms with Gasteiger partial charge >= 0.3 is 6.03 Å². The van der Waals surface area contributed by atoms with Crippen LogP contribution in [0.5, 0.6) is 0 Å². The first-order valence-electron chi connectivity index (χ1n) is 5.96. The molecule has 0 bridgehead atoms. The van der Waals surface area contributed by atoms with Gasteiger partial charge in [0.15, 0.2) is 0 Å². The van der Waals surface area contributed by atoms with Crippen LogP contribution >= 0.6 is 0 Å². The van der Waals surface area contributed by atoms with Crippen LogP contribution in [0, 0.1) is 0 Å². The zero-order chi connectivity index (χ0) is 11.5. The van der Waals surface area contributed by atoms with Gasteiger partial charge in [-0.15, -0.1) is 0 Å². The minimum atomic E-state index is -0.0857. The van der Waals surface area contributed by atoms with Crippen molar-refractivity contribution in [2.24, 2.45) is 0 Å². The van der Waals surface area contributed by atoms with E-state index in [-0.39, 0.29) is 18.0 Å². The fourth-order valence-electron chi connectivity index (χ4n) is 2.10. The third-order valence-corrected chi connectivity index (χ3v) is 3.40. The number of carbonyl (C=O) groups is 2. The Bertz CT molecular complexity index is 289. The quantitative estimate of drug-likeness (QED) is 0.717. The topological polar surface area (TPSA) is 61.4 Å². The molecule has 1 aliphatic heterocycles. The van der Waals surface area contributed by atoms with Gasteiger partial charge in [-0.05, 0) is 25.7 Å². The van der Waals surface area contributed by atoms with Crippen molar-refractivity contribution in [2.75, 3.05) is 13.6 Å². The molecule has 1 saturated carbocycles. The minimum Gasteiger partial charge on any atom is -0.344 e. The number of nitrogens with zero attached hydrogens (tertiary/aromatic N) is 1. The van der Waals surface area contributed by atoms with Crippen molar-refractivity contribution in [3.05, 3.63) is 0 Å². The molecule has 2 aliphatic rings. The number of likely N-dealkylation sites (tertiary alicyclic amines) is 1. The summed E-state index contributed by atoms with van der Waals surface area (Å²) in [6, 6.07) is 0.378. The third kappa shape index (κ3) is 2.65. The van der Waals surface area contributed by atoms with Crippen molar-refractivity contribution < 1.29 is 9.59 Å². The van der Waals surface area contributed by atoms with E-state index in [1.165, 1.54) is 6.42 Å². The number of urea groups is 1. The van der Waals surface area contributed by atoms with E-state index >= 15 is 0 Å². The second kappa shape index (κ2) is 4.72. The van der Waals surface area contributed by atoms with Crippen LogP contribution in [0.25, 0.3) is 0 Å². The molecule has 90 valence electrons. The lowest BCUT2D eigenvalue weighted by Crippen LogP contribution is -2.53. The van der Waals surface area contributed by atoms with Gasteiger partial charge in [-0.2, -0.15) is 0 Å². The molecule has 2 rings (SSSR count). The number of piperidine rings is 1. The predicted molar refractivity (Wildman–Crippen MR) is 60.0 cm³/mol. The average molecular weight is 225 g/mol. The van der Waals surface area contributed by atoms with E-state index in [4.69, 9.17) is 0 Å². The normalized spacial score (nSPS) is 26.2. The first-order chi connectivity index (χ1) is 7.65. The number of likely N-dealkylation sites (N-methyl/N-ethyl adjacent to an activating group) is 1. The lowest BCUT2D eigenvalue weighted by atomic mass is 9.93. The molecule has 2 fully saturated rings. The van der Waals surface area contributed by atoms with Gasteiger partial charge < -0.3 is 15.5 Å². The molecule has 1 unspecified atom stereocenters. The second-order valence-electron chi connectivity index (χ2n) is 4.76. The van der Waals surface area contributed by atoms with Crippen LogP contribution < -0.4 is 10.6 Å². The van der Waals surface area contributed by atoms with Crippen molar-refractivity contribution in [2.45, 2.75) is 44.2 Å². The maximum absolute atomic E-state index is 11.6. The molecule has 5 heteroatoms. The Morgan fingerprint density at radius 1 is 1.25 bits per heavy atom. The van der Waals surface area contributed by atoms with Crippen LogP contribution in [-0.2, 0) is 4.79 Å². The van der Waals surface area contributed by atoms with Gasteiger partial charge in [-0.3, -0.25) is 4.79 Å². The van der Waals surface area contributed by atoms with Crippen molar-refractivity contribution in [3.8, 4) is 0 Å². The summed E-state index contributed by atoms with van der Waals surface area (Å²) in [4.78, 5) is 24.5. The van der Waals surface area contributed by atoms with Crippen LogP contribution in [0.2, 0.25) is 0 Å². The molecular weight excluding hydrogens is 206 g/mol. The highest BCUT2D eigenvalue weighted by Gasteiger charge is 2.25. The molecular formula is C11H19N3O2. The Labute approximate surface area is 95.6 Å². The molecule has 3 amide bonds. The molecule has 1 heterocycles. The predicted octanol–water partition coefficient (Wildman–Crippen LogP) is 0.459. The fourth-order valence-corrected chi connectivity index (χ4v) is 2.10. The first kappa shape index (κ1) is 11.2. The summed E-state index contributed by atoms with van der Waals surface area (Å²) in [6.45, 7) is 0.622. The highest BCUT2D eigenvalue weighted by Crippen LogP contribution is 2.17. The smallest absolute Gasteiger partial charge is 0.315 e. The molecule has 1 aliphatic carbocycles. The largest absolute Gasteiger partial charge is 0.344 e. The van der Waals surface area contributed by atoms with E-state index in [2.05, 4.69) is 10.6 Å². The Balaban J connectivity index is 1.72. The van der Waals surface area contributed by atoms with E-state index in [0.717, 1.165) is 19.3 Å². The Hall–Kier alpha value is -1.26. The van der Waals surface area contributed by atoms with Crippen molar-refractivity contribution >= 4 is 11.9 Å². The SMILES string of the molecule is CN1CC(NC(=O)NC2CCC2)CCC1=O. The number of carbonyl (C=O) groups excluding carboxylic acids is 2. The number of amides is 3. The number of hydrogen-bond acceptors (Lipinski definition) is 2. The second-order valence-corrected chi connectivity index (χ2v) is 4.76. The Kier molecular flexibility index (Phi) is 3.31. The molecule has 0 spiro atoms. The van der Waals surface area contributed by atoms with E-state index in [0.29, 0.717) is 19.0 Å². The van der Waals surface area contributed by atoms with Gasteiger partial charge in [0.1, 0.15) is 0 Å². The van der Waals surface area contributed by atoms with Gasteiger partial charge in [-0.25, -0.2) is 4.79 Å². The lowest BCUT2D eigenvalue weighted by molar-refractivity contribution is -0.132. The summed E-state index contributed by atoms with van der Waals surface area (Å²) < 4.78 is 0. The molecule has 0 aromatic carbocycles. The summed E-state index contributed by atoms with van der Waals surface area (Å²) in [5.41, 5.74) is 0. The highest BCUT2D eigenvalue weighted by molar-refractivity contribution is 5.78. The zero-order valence-corrected chi connectivity index (χ0v) is 9.66. The van der Waals surface area contributed by atoms with E-state index in [1.54, 1.807) is 11.9 Å². The van der Waals surface area contributed by atoms with Crippen LogP contribution in [0.15, 0.2) is 0 Å². The molecule has 0 aromatic heterocycles. The van der Waals surface area contributed by atoms with Crippen molar-refractivity contribution in [1.82, 2.24) is 15.5 Å². The van der Waals surface area contributed by atoms with Gasteiger partial charge in [-0.1, -0.05) is 0 Å². The van der Waals surface area contributed by atoms with Crippen LogP contribution in [0.3, 0.4) is 0 Å². The lowest BCUT2D eigenvalue weighted by Gasteiger charge is -2.32. The maximum atomic E-state index is 11.6. The number of rotatable bonds is 2. The fraction of sp³-hybridized carbons (Fsp3) is 0.818. The standard InChI is InChI=1S/C11H19N3O2/c1-14-7-9(5-6-10(14)15)13-11(16)12-8-3-2-4-8/h8-9H,2-7H2,1H3,(H2,12,13,16). The van der Waals surface area contributed by atoms with Crippen LogP contribution in [0.1, 0.15) is 32.1 Å². The molecule has 1 saturated heterocycles.